The minimum absolute atomic E-state index is 0.0154. The normalized spacial score (nSPS) is 10.6. The summed E-state index contributed by atoms with van der Waals surface area (Å²) in [6.45, 7) is 7.53. The lowest BCUT2D eigenvalue weighted by molar-refractivity contribution is 0.0952. The molecule has 0 aliphatic rings. The Morgan fingerprint density at radius 1 is 1.20 bits per heavy atom. The molecule has 0 atom stereocenters. The molecule has 1 aromatic heterocycles. The molecule has 1 heterocycles. The molecule has 0 saturated heterocycles. The maximum atomic E-state index is 11.9. The third-order valence-electron chi connectivity index (χ3n) is 3.25. The summed E-state index contributed by atoms with van der Waals surface area (Å²) in [6.07, 6.45) is 0.875. The summed E-state index contributed by atoms with van der Waals surface area (Å²) in [5, 5.41) is 7.33. The summed E-state index contributed by atoms with van der Waals surface area (Å²) in [7, 11) is 0. The number of carbonyl (C=O) groups excluding carboxylic acids is 1. The van der Waals surface area contributed by atoms with E-state index in [1.807, 2.05) is 49.7 Å². The first-order valence-electron chi connectivity index (χ1n) is 6.92. The van der Waals surface area contributed by atoms with Gasteiger partial charge in [0.15, 0.2) is 0 Å². The van der Waals surface area contributed by atoms with Crippen molar-refractivity contribution in [2.45, 2.75) is 33.7 Å². The molecule has 2 rings (SSSR count). The smallest absolute Gasteiger partial charge is 0.251 e. The van der Waals surface area contributed by atoms with E-state index < -0.39 is 0 Å². The van der Waals surface area contributed by atoms with Gasteiger partial charge in [-0.3, -0.25) is 9.48 Å². The maximum absolute atomic E-state index is 11.9. The lowest BCUT2D eigenvalue weighted by atomic mass is 10.1. The monoisotopic (exact) mass is 271 g/mol. The van der Waals surface area contributed by atoms with Crippen molar-refractivity contribution in [1.29, 1.82) is 0 Å². The molecule has 0 fully saturated rings. The molecule has 1 amide bonds. The molecule has 2 aromatic rings. The second kappa shape index (κ2) is 6.37. The first kappa shape index (κ1) is 14.3. The number of nitrogens with one attached hydrogen (secondary N) is 1. The van der Waals surface area contributed by atoms with Crippen molar-refractivity contribution in [3.8, 4) is 0 Å². The van der Waals surface area contributed by atoms with E-state index in [1.54, 1.807) is 0 Å². The third kappa shape index (κ3) is 3.70. The van der Waals surface area contributed by atoms with Crippen LogP contribution in [0.2, 0.25) is 0 Å². The van der Waals surface area contributed by atoms with Gasteiger partial charge in [-0.2, -0.15) is 5.10 Å². The molecule has 0 saturated carbocycles. The fourth-order valence-electron chi connectivity index (χ4n) is 2.14. The van der Waals surface area contributed by atoms with E-state index in [0.717, 1.165) is 29.9 Å². The molecule has 4 heteroatoms. The fourth-order valence-corrected chi connectivity index (χ4v) is 2.14. The van der Waals surface area contributed by atoms with Gasteiger partial charge in [-0.15, -0.1) is 0 Å². The average molecular weight is 271 g/mol. The fraction of sp³-hybridized carbons (Fsp3) is 0.375. The van der Waals surface area contributed by atoms with E-state index >= 15 is 0 Å². The predicted molar refractivity (Wildman–Crippen MR) is 79.8 cm³/mol. The highest BCUT2D eigenvalue weighted by Gasteiger charge is 2.04. The van der Waals surface area contributed by atoms with E-state index in [2.05, 4.69) is 16.5 Å². The Balaban J connectivity index is 1.77. The molecule has 1 N–H and O–H groups in total. The van der Waals surface area contributed by atoms with Crippen molar-refractivity contribution < 1.29 is 4.79 Å². The quantitative estimate of drug-likeness (QED) is 0.850. The molecular weight excluding hydrogens is 250 g/mol. The van der Waals surface area contributed by atoms with Crippen molar-refractivity contribution in [3.63, 3.8) is 0 Å². The molecule has 0 aliphatic carbocycles. The zero-order valence-corrected chi connectivity index (χ0v) is 12.3. The molecule has 106 valence electrons. The highest BCUT2D eigenvalue weighted by atomic mass is 16.1. The van der Waals surface area contributed by atoms with Gasteiger partial charge >= 0.3 is 0 Å². The Morgan fingerprint density at radius 2 is 1.90 bits per heavy atom. The number of aryl methyl sites for hydroxylation is 4. The zero-order valence-electron chi connectivity index (χ0n) is 12.3. The molecule has 0 spiro atoms. The number of nitrogens with zero attached hydrogens (tertiary/aromatic N) is 2. The lowest BCUT2D eigenvalue weighted by Crippen LogP contribution is -2.25. The Hall–Kier alpha value is -2.10. The van der Waals surface area contributed by atoms with Gasteiger partial charge in [-0.25, -0.2) is 0 Å². The largest absolute Gasteiger partial charge is 0.352 e. The van der Waals surface area contributed by atoms with Crippen LogP contribution >= 0.6 is 0 Å². The number of amides is 1. The van der Waals surface area contributed by atoms with Crippen LogP contribution in [0.1, 0.15) is 33.7 Å². The van der Waals surface area contributed by atoms with Crippen LogP contribution in [0.4, 0.5) is 0 Å². The number of benzene rings is 1. The van der Waals surface area contributed by atoms with E-state index in [4.69, 9.17) is 0 Å². The maximum Gasteiger partial charge on any atom is 0.251 e. The van der Waals surface area contributed by atoms with Crippen LogP contribution in [0, 0.1) is 20.8 Å². The van der Waals surface area contributed by atoms with Crippen LogP contribution in [0.25, 0.3) is 0 Å². The van der Waals surface area contributed by atoms with Gasteiger partial charge in [0.1, 0.15) is 0 Å². The first-order valence-corrected chi connectivity index (χ1v) is 6.92. The SMILES string of the molecule is Cc1ccc(C(=O)NCCCn2nc(C)cc2C)cc1. The van der Waals surface area contributed by atoms with Crippen LogP contribution in [0.3, 0.4) is 0 Å². The summed E-state index contributed by atoms with van der Waals surface area (Å²) >= 11 is 0. The van der Waals surface area contributed by atoms with E-state index in [-0.39, 0.29) is 5.91 Å². The molecule has 0 radical (unpaired) electrons. The molecule has 0 bridgehead atoms. The van der Waals surface area contributed by atoms with Crippen molar-refractivity contribution in [2.75, 3.05) is 6.54 Å². The number of carbonyl (C=O) groups is 1. The number of hydrogen-bond donors (Lipinski definition) is 1. The molecule has 0 unspecified atom stereocenters. The zero-order chi connectivity index (χ0) is 14.5. The Morgan fingerprint density at radius 3 is 2.50 bits per heavy atom. The van der Waals surface area contributed by atoms with Crippen LogP contribution in [0.15, 0.2) is 30.3 Å². The van der Waals surface area contributed by atoms with Crippen LogP contribution in [-0.4, -0.2) is 22.2 Å². The second-order valence-electron chi connectivity index (χ2n) is 5.13. The number of rotatable bonds is 5. The molecule has 1 aromatic carbocycles. The van der Waals surface area contributed by atoms with Gasteiger partial charge in [0.2, 0.25) is 0 Å². The second-order valence-corrected chi connectivity index (χ2v) is 5.13. The minimum atomic E-state index is -0.0154. The summed E-state index contributed by atoms with van der Waals surface area (Å²) in [5.74, 6) is -0.0154. The Labute approximate surface area is 119 Å². The lowest BCUT2D eigenvalue weighted by Gasteiger charge is -2.07. The van der Waals surface area contributed by atoms with Crippen molar-refractivity contribution in [1.82, 2.24) is 15.1 Å². The van der Waals surface area contributed by atoms with E-state index in [0.29, 0.717) is 12.1 Å². The number of hydrogen-bond acceptors (Lipinski definition) is 2. The third-order valence-corrected chi connectivity index (χ3v) is 3.25. The molecule has 0 aliphatic heterocycles. The average Bonchev–Trinajstić information content (AvgIpc) is 2.73. The van der Waals surface area contributed by atoms with Gasteiger partial charge in [0.25, 0.3) is 5.91 Å². The van der Waals surface area contributed by atoms with Crippen molar-refractivity contribution >= 4 is 5.91 Å². The minimum Gasteiger partial charge on any atom is -0.352 e. The summed E-state index contributed by atoms with van der Waals surface area (Å²) in [4.78, 5) is 11.9. The van der Waals surface area contributed by atoms with Crippen LogP contribution in [0.5, 0.6) is 0 Å². The standard InChI is InChI=1S/C16H21N3O/c1-12-5-7-15(8-6-12)16(20)17-9-4-10-19-14(3)11-13(2)18-19/h5-8,11H,4,9-10H2,1-3H3,(H,17,20). The van der Waals surface area contributed by atoms with Gasteiger partial charge in [0, 0.05) is 24.3 Å². The van der Waals surface area contributed by atoms with Crippen molar-refractivity contribution in [2.24, 2.45) is 0 Å². The topological polar surface area (TPSA) is 46.9 Å². The first-order chi connectivity index (χ1) is 9.56. The van der Waals surface area contributed by atoms with Crippen LogP contribution in [-0.2, 0) is 6.54 Å². The van der Waals surface area contributed by atoms with Gasteiger partial charge in [-0.05, 0) is 45.4 Å². The predicted octanol–water partition coefficient (Wildman–Crippen LogP) is 2.63. The highest BCUT2D eigenvalue weighted by Crippen LogP contribution is 2.04. The number of aromatic nitrogens is 2. The summed E-state index contributed by atoms with van der Waals surface area (Å²) in [6, 6.07) is 9.66. The Bertz CT molecular complexity index is 584. The van der Waals surface area contributed by atoms with Gasteiger partial charge < -0.3 is 5.32 Å². The summed E-state index contributed by atoms with van der Waals surface area (Å²) < 4.78 is 1.98. The van der Waals surface area contributed by atoms with Gasteiger partial charge in [-0.1, -0.05) is 17.7 Å². The molecule has 4 nitrogen and oxygen atoms in total. The molecular formula is C16H21N3O. The Kier molecular flexibility index (Phi) is 4.56. The van der Waals surface area contributed by atoms with Gasteiger partial charge in [0.05, 0.1) is 5.69 Å². The molecule has 20 heavy (non-hydrogen) atoms. The van der Waals surface area contributed by atoms with Crippen molar-refractivity contribution in [3.05, 3.63) is 52.8 Å². The highest BCUT2D eigenvalue weighted by molar-refractivity contribution is 5.94. The van der Waals surface area contributed by atoms with Crippen LogP contribution < -0.4 is 5.32 Å². The van der Waals surface area contributed by atoms with E-state index in [1.165, 1.54) is 0 Å². The van der Waals surface area contributed by atoms with E-state index in [9.17, 15) is 4.79 Å². The summed E-state index contributed by atoms with van der Waals surface area (Å²) in [5.41, 5.74) is 4.06.